The zero-order valence-corrected chi connectivity index (χ0v) is 20.4. The van der Waals surface area contributed by atoms with Gasteiger partial charge >= 0.3 is 0 Å². The van der Waals surface area contributed by atoms with Crippen LogP contribution in [-0.2, 0) is 16.1 Å². The molecule has 0 unspecified atom stereocenters. The zero-order chi connectivity index (χ0) is 22.8. The van der Waals surface area contributed by atoms with Crippen LogP contribution in [0.5, 0.6) is 0 Å². The van der Waals surface area contributed by atoms with E-state index in [4.69, 9.17) is 11.6 Å². The summed E-state index contributed by atoms with van der Waals surface area (Å²) < 4.78 is 0. The predicted octanol–water partition coefficient (Wildman–Crippen LogP) is 5.85. The first kappa shape index (κ1) is 25.3. The van der Waals surface area contributed by atoms with E-state index in [1.807, 2.05) is 76.2 Å². The number of halogens is 1. The van der Waals surface area contributed by atoms with Gasteiger partial charge in [0, 0.05) is 28.9 Å². The molecule has 0 fully saturated rings. The number of rotatable bonds is 11. The Hall–Kier alpha value is -1.98. The van der Waals surface area contributed by atoms with Gasteiger partial charge in [0.25, 0.3) is 0 Å². The maximum absolute atomic E-state index is 13.2. The van der Waals surface area contributed by atoms with Gasteiger partial charge < -0.3 is 10.2 Å². The van der Waals surface area contributed by atoms with Crippen molar-refractivity contribution in [1.29, 1.82) is 0 Å². The molecule has 6 heteroatoms. The van der Waals surface area contributed by atoms with Gasteiger partial charge in [-0.05, 0) is 69.2 Å². The van der Waals surface area contributed by atoms with Crippen molar-refractivity contribution in [2.24, 2.45) is 0 Å². The van der Waals surface area contributed by atoms with Crippen LogP contribution in [0.2, 0.25) is 5.02 Å². The quantitative estimate of drug-likeness (QED) is 0.338. The fraction of sp³-hybridized carbons (Fsp3) is 0.440. The molecule has 0 aromatic heterocycles. The Kier molecular flexibility index (Phi) is 10.4. The second-order valence-electron chi connectivity index (χ2n) is 8.00. The molecule has 0 bridgehead atoms. The third kappa shape index (κ3) is 8.58. The van der Waals surface area contributed by atoms with Gasteiger partial charge in [-0.3, -0.25) is 9.59 Å². The molecule has 0 heterocycles. The number of thioether (sulfide) groups is 1. The van der Waals surface area contributed by atoms with Gasteiger partial charge in [-0.15, -0.1) is 11.8 Å². The second kappa shape index (κ2) is 12.8. The van der Waals surface area contributed by atoms with Crippen molar-refractivity contribution in [2.45, 2.75) is 70.5 Å². The number of aryl methyl sites for hydroxylation is 1. The van der Waals surface area contributed by atoms with E-state index in [1.165, 1.54) is 5.56 Å². The first-order valence-corrected chi connectivity index (χ1v) is 12.2. The van der Waals surface area contributed by atoms with Gasteiger partial charge in [0.2, 0.25) is 11.8 Å². The molecule has 168 valence electrons. The number of carbonyl (C=O) groups is 2. The normalized spacial score (nSPS) is 11.9. The summed E-state index contributed by atoms with van der Waals surface area (Å²) in [5.41, 5.74) is 2.20. The van der Waals surface area contributed by atoms with Crippen LogP contribution in [0.15, 0.2) is 53.4 Å². The molecular formula is C25H33ClN2O2S. The van der Waals surface area contributed by atoms with Crippen molar-refractivity contribution >= 4 is 35.2 Å². The molecule has 4 nitrogen and oxygen atoms in total. The number of carbonyl (C=O) groups excluding carboxylic acids is 2. The van der Waals surface area contributed by atoms with E-state index in [2.05, 4.69) is 5.32 Å². The van der Waals surface area contributed by atoms with Gasteiger partial charge in [-0.25, -0.2) is 0 Å². The molecule has 31 heavy (non-hydrogen) atoms. The number of hydrogen-bond donors (Lipinski definition) is 1. The van der Waals surface area contributed by atoms with E-state index in [0.717, 1.165) is 27.7 Å². The van der Waals surface area contributed by atoms with Crippen LogP contribution in [0.3, 0.4) is 0 Å². The number of nitrogens with one attached hydrogen (secondary N) is 1. The summed E-state index contributed by atoms with van der Waals surface area (Å²) in [6, 6.07) is 15.4. The maximum atomic E-state index is 13.2. The van der Waals surface area contributed by atoms with Gasteiger partial charge in [-0.1, -0.05) is 48.4 Å². The van der Waals surface area contributed by atoms with Crippen LogP contribution in [0.4, 0.5) is 0 Å². The molecule has 0 saturated carbocycles. The Morgan fingerprint density at radius 3 is 2.29 bits per heavy atom. The minimum absolute atomic E-state index is 0.0167. The Bertz CT molecular complexity index is 838. The smallest absolute Gasteiger partial charge is 0.243 e. The molecule has 0 aliphatic carbocycles. The predicted molar refractivity (Wildman–Crippen MR) is 130 cm³/mol. The van der Waals surface area contributed by atoms with E-state index in [-0.39, 0.29) is 17.9 Å². The first-order chi connectivity index (χ1) is 14.8. The molecule has 1 N–H and O–H groups in total. The van der Waals surface area contributed by atoms with Crippen molar-refractivity contribution in [3.63, 3.8) is 0 Å². The largest absolute Gasteiger partial charge is 0.352 e. The fourth-order valence-corrected chi connectivity index (χ4v) is 4.26. The first-order valence-electron chi connectivity index (χ1n) is 10.8. The van der Waals surface area contributed by atoms with Crippen LogP contribution in [-0.4, -0.2) is 34.6 Å². The standard InChI is InChI=1S/C25H33ClN2O2S/c1-5-23(25(30)27-18(2)3)28(17-20-10-8-19(4)9-11-20)24(29)7-6-16-31-22-14-12-21(26)13-15-22/h8-15,18,23H,5-7,16-17H2,1-4H3,(H,27,30)/t23-/m1/s1. The lowest BCUT2D eigenvalue weighted by Crippen LogP contribution is -2.50. The summed E-state index contributed by atoms with van der Waals surface area (Å²) >= 11 is 7.64. The Morgan fingerprint density at radius 2 is 1.71 bits per heavy atom. The molecule has 0 radical (unpaired) electrons. The second-order valence-corrected chi connectivity index (χ2v) is 9.61. The highest BCUT2D eigenvalue weighted by Gasteiger charge is 2.28. The number of amides is 2. The van der Waals surface area contributed by atoms with Gasteiger partial charge in [0.05, 0.1) is 0 Å². The average molecular weight is 461 g/mol. The van der Waals surface area contributed by atoms with Crippen LogP contribution in [0.1, 0.15) is 51.2 Å². The number of benzene rings is 2. The summed E-state index contributed by atoms with van der Waals surface area (Å²) in [6.07, 6.45) is 1.74. The van der Waals surface area contributed by atoms with Crippen LogP contribution >= 0.6 is 23.4 Å². The lowest BCUT2D eigenvalue weighted by atomic mass is 10.1. The summed E-state index contributed by atoms with van der Waals surface area (Å²) in [7, 11) is 0. The average Bonchev–Trinajstić information content (AvgIpc) is 2.73. The van der Waals surface area contributed by atoms with Gasteiger partial charge in [0.1, 0.15) is 6.04 Å². The molecule has 2 amide bonds. The summed E-state index contributed by atoms with van der Waals surface area (Å²) in [6.45, 7) is 8.30. The highest BCUT2D eigenvalue weighted by Crippen LogP contribution is 2.22. The molecule has 0 saturated heterocycles. The van der Waals surface area contributed by atoms with E-state index < -0.39 is 6.04 Å². The number of hydrogen-bond acceptors (Lipinski definition) is 3. The molecule has 2 rings (SSSR count). The van der Waals surface area contributed by atoms with E-state index in [0.29, 0.717) is 19.4 Å². The van der Waals surface area contributed by atoms with Crippen LogP contribution < -0.4 is 5.32 Å². The van der Waals surface area contributed by atoms with Gasteiger partial charge in [0.15, 0.2) is 0 Å². The van der Waals surface area contributed by atoms with Crippen molar-refractivity contribution in [2.75, 3.05) is 5.75 Å². The molecular weight excluding hydrogens is 428 g/mol. The Morgan fingerprint density at radius 1 is 1.06 bits per heavy atom. The van der Waals surface area contributed by atoms with Crippen LogP contribution in [0, 0.1) is 6.92 Å². The molecule has 1 atom stereocenters. The lowest BCUT2D eigenvalue weighted by molar-refractivity contribution is -0.141. The minimum Gasteiger partial charge on any atom is -0.352 e. The highest BCUT2D eigenvalue weighted by atomic mass is 35.5. The summed E-state index contributed by atoms with van der Waals surface area (Å²) in [4.78, 5) is 28.9. The Labute approximate surface area is 195 Å². The number of nitrogens with zero attached hydrogens (tertiary/aromatic N) is 1. The summed E-state index contributed by atoms with van der Waals surface area (Å²) in [5.74, 6) is 0.761. The topological polar surface area (TPSA) is 49.4 Å². The van der Waals surface area contributed by atoms with Crippen molar-refractivity contribution < 1.29 is 9.59 Å². The molecule has 2 aromatic carbocycles. The molecule has 0 aliphatic rings. The third-order valence-corrected chi connectivity index (χ3v) is 6.26. The van der Waals surface area contributed by atoms with E-state index >= 15 is 0 Å². The maximum Gasteiger partial charge on any atom is 0.243 e. The third-order valence-electron chi connectivity index (χ3n) is 4.91. The van der Waals surface area contributed by atoms with E-state index in [1.54, 1.807) is 16.7 Å². The summed E-state index contributed by atoms with van der Waals surface area (Å²) in [5, 5.41) is 3.69. The van der Waals surface area contributed by atoms with Crippen molar-refractivity contribution in [1.82, 2.24) is 10.2 Å². The van der Waals surface area contributed by atoms with Gasteiger partial charge in [-0.2, -0.15) is 0 Å². The Balaban J connectivity index is 2.04. The molecule has 0 spiro atoms. The fourth-order valence-electron chi connectivity index (χ4n) is 3.28. The molecule has 2 aromatic rings. The van der Waals surface area contributed by atoms with E-state index in [9.17, 15) is 9.59 Å². The highest BCUT2D eigenvalue weighted by molar-refractivity contribution is 7.99. The SMILES string of the molecule is CC[C@H](C(=O)NC(C)C)N(Cc1ccc(C)cc1)C(=O)CCCSc1ccc(Cl)cc1. The lowest BCUT2D eigenvalue weighted by Gasteiger charge is -2.31. The van der Waals surface area contributed by atoms with Crippen molar-refractivity contribution in [3.8, 4) is 0 Å². The molecule has 0 aliphatic heterocycles. The van der Waals surface area contributed by atoms with Crippen molar-refractivity contribution in [3.05, 3.63) is 64.7 Å². The zero-order valence-electron chi connectivity index (χ0n) is 18.9. The monoisotopic (exact) mass is 460 g/mol. The van der Waals surface area contributed by atoms with Crippen LogP contribution in [0.25, 0.3) is 0 Å². The minimum atomic E-state index is -0.472.